The van der Waals surface area contributed by atoms with Crippen molar-refractivity contribution < 1.29 is 13.9 Å². The van der Waals surface area contributed by atoms with E-state index in [4.69, 9.17) is 10.8 Å². The van der Waals surface area contributed by atoms with E-state index in [1.54, 1.807) is 0 Å². The van der Waals surface area contributed by atoms with Gasteiger partial charge in [-0.1, -0.05) is 6.07 Å². The molecule has 0 aliphatic heterocycles. The van der Waals surface area contributed by atoms with Gasteiger partial charge in [0.2, 0.25) is 0 Å². The van der Waals surface area contributed by atoms with Gasteiger partial charge in [-0.2, -0.15) is 0 Å². The van der Waals surface area contributed by atoms with Crippen LogP contribution >= 0.6 is 12.4 Å². The molecule has 1 rings (SSSR count). The van der Waals surface area contributed by atoms with Crippen molar-refractivity contribution in [3.05, 3.63) is 29.6 Å². The standard InChI is InChI=1S/C8H9F2NO.ClH/c9-4-8(11)6-2-1-5(12)3-7(6)10;/h1-3,8,12H,4,11H2;1H/t8-;/m1./s1. The van der Waals surface area contributed by atoms with E-state index in [1.165, 1.54) is 12.1 Å². The van der Waals surface area contributed by atoms with Gasteiger partial charge in [0.25, 0.3) is 0 Å². The number of benzene rings is 1. The molecule has 0 radical (unpaired) electrons. The maximum absolute atomic E-state index is 12.9. The van der Waals surface area contributed by atoms with Crippen LogP contribution in [0, 0.1) is 5.82 Å². The van der Waals surface area contributed by atoms with E-state index in [-0.39, 0.29) is 23.7 Å². The van der Waals surface area contributed by atoms with Gasteiger partial charge in [0.05, 0.1) is 6.04 Å². The summed E-state index contributed by atoms with van der Waals surface area (Å²) in [6.07, 6.45) is 0. The van der Waals surface area contributed by atoms with Crippen molar-refractivity contribution in [2.24, 2.45) is 5.73 Å². The van der Waals surface area contributed by atoms with Crippen molar-refractivity contribution >= 4 is 12.4 Å². The Balaban J connectivity index is 0.00000144. The lowest BCUT2D eigenvalue weighted by Crippen LogP contribution is -2.13. The maximum atomic E-state index is 12.9. The second kappa shape index (κ2) is 4.99. The fourth-order valence-corrected chi connectivity index (χ4v) is 0.900. The van der Waals surface area contributed by atoms with Gasteiger partial charge in [0.1, 0.15) is 18.2 Å². The van der Waals surface area contributed by atoms with Crippen LogP contribution in [0.1, 0.15) is 11.6 Å². The molecule has 0 aliphatic rings. The molecule has 2 nitrogen and oxygen atoms in total. The zero-order valence-electron chi connectivity index (χ0n) is 6.71. The predicted molar refractivity (Wildman–Crippen MR) is 48.2 cm³/mol. The summed E-state index contributed by atoms with van der Waals surface area (Å²) in [6, 6.07) is 2.50. The maximum Gasteiger partial charge on any atom is 0.131 e. The summed E-state index contributed by atoms with van der Waals surface area (Å²) in [7, 11) is 0. The van der Waals surface area contributed by atoms with E-state index in [0.29, 0.717) is 0 Å². The summed E-state index contributed by atoms with van der Waals surface area (Å²) in [5.74, 6) is -0.873. The third kappa shape index (κ3) is 2.82. The molecule has 1 aromatic carbocycles. The predicted octanol–water partition coefficient (Wildman–Crippen LogP) is 1.92. The summed E-state index contributed by atoms with van der Waals surface area (Å²) in [5.41, 5.74) is 5.33. The Morgan fingerprint density at radius 1 is 1.46 bits per heavy atom. The van der Waals surface area contributed by atoms with Crippen molar-refractivity contribution in [3.63, 3.8) is 0 Å². The molecule has 0 amide bonds. The molecule has 0 fully saturated rings. The largest absolute Gasteiger partial charge is 0.508 e. The van der Waals surface area contributed by atoms with Crippen molar-refractivity contribution in [3.8, 4) is 5.75 Å². The van der Waals surface area contributed by atoms with Crippen LogP contribution in [0.15, 0.2) is 18.2 Å². The fraction of sp³-hybridized carbons (Fsp3) is 0.250. The van der Waals surface area contributed by atoms with Crippen LogP contribution in [0.5, 0.6) is 5.75 Å². The first-order valence-electron chi connectivity index (χ1n) is 3.45. The minimum atomic E-state index is -0.953. The van der Waals surface area contributed by atoms with Gasteiger partial charge in [-0.3, -0.25) is 0 Å². The van der Waals surface area contributed by atoms with E-state index in [2.05, 4.69) is 0 Å². The van der Waals surface area contributed by atoms with Crippen LogP contribution in [0.3, 0.4) is 0 Å². The Morgan fingerprint density at radius 2 is 2.08 bits per heavy atom. The second-order valence-corrected chi connectivity index (χ2v) is 2.47. The molecule has 13 heavy (non-hydrogen) atoms. The monoisotopic (exact) mass is 209 g/mol. The highest BCUT2D eigenvalue weighted by molar-refractivity contribution is 5.85. The van der Waals surface area contributed by atoms with Gasteiger partial charge >= 0.3 is 0 Å². The quantitative estimate of drug-likeness (QED) is 0.782. The number of aromatic hydroxyl groups is 1. The molecule has 0 aromatic heterocycles. The van der Waals surface area contributed by atoms with Gasteiger partial charge in [0.15, 0.2) is 0 Å². The number of hydrogen-bond acceptors (Lipinski definition) is 2. The normalized spacial score (nSPS) is 11.9. The molecule has 74 valence electrons. The third-order valence-electron chi connectivity index (χ3n) is 1.55. The number of alkyl halides is 1. The summed E-state index contributed by atoms with van der Waals surface area (Å²) in [4.78, 5) is 0. The van der Waals surface area contributed by atoms with E-state index >= 15 is 0 Å². The minimum Gasteiger partial charge on any atom is -0.508 e. The highest BCUT2D eigenvalue weighted by Crippen LogP contribution is 2.19. The molecular weight excluding hydrogens is 200 g/mol. The number of phenolic OH excluding ortho intramolecular Hbond substituents is 1. The van der Waals surface area contributed by atoms with E-state index in [1.807, 2.05) is 0 Å². The van der Waals surface area contributed by atoms with Gasteiger partial charge < -0.3 is 10.8 Å². The van der Waals surface area contributed by atoms with Crippen molar-refractivity contribution in [2.45, 2.75) is 6.04 Å². The molecule has 0 saturated carbocycles. The van der Waals surface area contributed by atoms with Gasteiger partial charge in [0, 0.05) is 11.6 Å². The molecule has 5 heteroatoms. The highest BCUT2D eigenvalue weighted by atomic mass is 35.5. The molecule has 0 heterocycles. The average molecular weight is 210 g/mol. The average Bonchev–Trinajstić information content (AvgIpc) is 2.03. The van der Waals surface area contributed by atoms with Gasteiger partial charge in [-0.15, -0.1) is 12.4 Å². The lowest BCUT2D eigenvalue weighted by Gasteiger charge is -2.08. The zero-order valence-corrected chi connectivity index (χ0v) is 7.52. The smallest absolute Gasteiger partial charge is 0.131 e. The van der Waals surface area contributed by atoms with E-state index in [9.17, 15) is 8.78 Å². The topological polar surface area (TPSA) is 46.2 Å². The first kappa shape index (κ1) is 12.1. The molecule has 0 aliphatic carbocycles. The van der Waals surface area contributed by atoms with Crippen molar-refractivity contribution in [1.29, 1.82) is 0 Å². The van der Waals surface area contributed by atoms with Gasteiger partial charge in [-0.25, -0.2) is 8.78 Å². The lowest BCUT2D eigenvalue weighted by molar-refractivity contribution is 0.423. The molecule has 0 bridgehead atoms. The van der Waals surface area contributed by atoms with Crippen LogP contribution in [0.25, 0.3) is 0 Å². The Morgan fingerprint density at radius 3 is 2.54 bits per heavy atom. The summed E-state index contributed by atoms with van der Waals surface area (Å²) < 4.78 is 24.9. The summed E-state index contributed by atoms with van der Waals surface area (Å²) in [5, 5.41) is 8.82. The number of hydrogen-bond donors (Lipinski definition) is 2. The minimum absolute atomic E-state index is 0. The number of rotatable bonds is 2. The zero-order chi connectivity index (χ0) is 9.14. The molecule has 1 atom stereocenters. The second-order valence-electron chi connectivity index (χ2n) is 2.47. The lowest BCUT2D eigenvalue weighted by atomic mass is 10.1. The third-order valence-corrected chi connectivity index (χ3v) is 1.55. The number of phenols is 1. The van der Waals surface area contributed by atoms with Crippen molar-refractivity contribution in [2.75, 3.05) is 6.67 Å². The van der Waals surface area contributed by atoms with Crippen LogP contribution in [-0.2, 0) is 0 Å². The van der Waals surface area contributed by atoms with E-state index in [0.717, 1.165) is 6.07 Å². The van der Waals surface area contributed by atoms with Gasteiger partial charge in [-0.05, 0) is 6.07 Å². The Hall–Kier alpha value is -0.870. The number of nitrogens with two attached hydrogens (primary N) is 1. The molecular formula is C8H10ClF2NO. The number of halogens is 3. The first-order valence-corrected chi connectivity index (χ1v) is 3.45. The first-order chi connectivity index (χ1) is 5.65. The van der Waals surface area contributed by atoms with Crippen LogP contribution in [0.4, 0.5) is 8.78 Å². The highest BCUT2D eigenvalue weighted by Gasteiger charge is 2.10. The fourth-order valence-electron chi connectivity index (χ4n) is 0.900. The molecule has 0 spiro atoms. The summed E-state index contributed by atoms with van der Waals surface area (Å²) in [6.45, 7) is -0.818. The SMILES string of the molecule is Cl.N[C@H](CF)c1ccc(O)cc1F. The Bertz CT molecular complexity index is 283. The summed E-state index contributed by atoms with van der Waals surface area (Å²) >= 11 is 0. The van der Waals surface area contributed by atoms with Crippen molar-refractivity contribution in [1.82, 2.24) is 0 Å². The Kier molecular flexibility index (Phi) is 4.66. The van der Waals surface area contributed by atoms with Crippen LogP contribution in [-0.4, -0.2) is 11.8 Å². The van der Waals surface area contributed by atoms with Crippen LogP contribution < -0.4 is 5.73 Å². The Labute approximate surface area is 80.8 Å². The van der Waals surface area contributed by atoms with E-state index < -0.39 is 18.5 Å². The molecule has 1 aromatic rings. The molecule has 3 N–H and O–H groups in total. The molecule has 0 saturated heterocycles. The van der Waals surface area contributed by atoms with Crippen LogP contribution in [0.2, 0.25) is 0 Å². The molecule has 0 unspecified atom stereocenters.